The summed E-state index contributed by atoms with van der Waals surface area (Å²) in [4.78, 5) is 6.47. The van der Waals surface area contributed by atoms with Crippen LogP contribution in [0.4, 0.5) is 0 Å². The van der Waals surface area contributed by atoms with Gasteiger partial charge in [-0.05, 0) is 39.6 Å². The van der Waals surface area contributed by atoms with Gasteiger partial charge < -0.3 is 10.2 Å². The molecular weight excluding hydrogens is 200 g/mol. The minimum atomic E-state index is -0.376. The molecule has 1 N–H and O–H groups in total. The Balaban J connectivity index is 2.78. The van der Waals surface area contributed by atoms with Crippen molar-refractivity contribution in [1.82, 2.24) is 10.2 Å². The van der Waals surface area contributed by atoms with Crippen molar-refractivity contribution in [2.45, 2.75) is 25.8 Å². The summed E-state index contributed by atoms with van der Waals surface area (Å²) in [5, 5.41) is 12.4. The normalized spacial score (nSPS) is 22.6. The van der Waals surface area contributed by atoms with E-state index in [1.54, 1.807) is 6.34 Å². The van der Waals surface area contributed by atoms with Crippen molar-refractivity contribution in [2.24, 2.45) is 10.4 Å². The standard InChI is InChI=1S/C12H20N4/c1-4-12(9-13,6-8-16(2)3)11-5-7-14-10-15-11/h5,7,10-11H,4,6,8H2,1-3H3,(H,14,15). The minimum absolute atomic E-state index is 0.0244. The molecule has 0 aromatic rings. The molecule has 1 aliphatic rings. The number of rotatable bonds is 5. The van der Waals surface area contributed by atoms with E-state index in [4.69, 9.17) is 0 Å². The van der Waals surface area contributed by atoms with Crippen LogP contribution in [-0.2, 0) is 0 Å². The van der Waals surface area contributed by atoms with Crippen LogP contribution in [0.3, 0.4) is 0 Å². The van der Waals surface area contributed by atoms with Crippen molar-refractivity contribution in [2.75, 3.05) is 20.6 Å². The molecule has 16 heavy (non-hydrogen) atoms. The zero-order valence-corrected chi connectivity index (χ0v) is 10.3. The van der Waals surface area contributed by atoms with Gasteiger partial charge in [-0.2, -0.15) is 5.26 Å². The summed E-state index contributed by atoms with van der Waals surface area (Å²) < 4.78 is 0. The van der Waals surface area contributed by atoms with Gasteiger partial charge in [0.2, 0.25) is 0 Å². The molecule has 2 unspecified atom stereocenters. The van der Waals surface area contributed by atoms with E-state index in [1.165, 1.54) is 0 Å². The molecule has 88 valence electrons. The summed E-state index contributed by atoms with van der Waals surface area (Å²) in [6.45, 7) is 2.97. The molecule has 0 bridgehead atoms. The highest BCUT2D eigenvalue weighted by Gasteiger charge is 2.36. The smallest absolute Gasteiger partial charge is 0.0900 e. The van der Waals surface area contributed by atoms with Crippen LogP contribution in [-0.4, -0.2) is 37.9 Å². The molecule has 0 aliphatic carbocycles. The van der Waals surface area contributed by atoms with Gasteiger partial charge in [0.05, 0.1) is 23.9 Å². The van der Waals surface area contributed by atoms with Gasteiger partial charge in [-0.1, -0.05) is 6.92 Å². The third kappa shape index (κ3) is 2.83. The Morgan fingerprint density at radius 3 is 2.75 bits per heavy atom. The molecule has 4 heteroatoms. The first-order valence-corrected chi connectivity index (χ1v) is 5.65. The Morgan fingerprint density at radius 1 is 1.56 bits per heavy atom. The zero-order valence-electron chi connectivity index (χ0n) is 10.3. The van der Waals surface area contributed by atoms with Crippen LogP contribution < -0.4 is 5.32 Å². The maximum Gasteiger partial charge on any atom is 0.0900 e. The Kier molecular flexibility index (Phi) is 4.51. The van der Waals surface area contributed by atoms with Crippen molar-refractivity contribution < 1.29 is 0 Å². The lowest BCUT2D eigenvalue weighted by Crippen LogP contribution is -2.36. The summed E-state index contributed by atoms with van der Waals surface area (Å²) >= 11 is 0. The van der Waals surface area contributed by atoms with Crippen LogP contribution in [0.2, 0.25) is 0 Å². The van der Waals surface area contributed by atoms with Crippen molar-refractivity contribution in [3.63, 3.8) is 0 Å². The zero-order chi connectivity index (χ0) is 12.0. The van der Waals surface area contributed by atoms with Crippen molar-refractivity contribution in [1.29, 1.82) is 5.26 Å². The van der Waals surface area contributed by atoms with E-state index >= 15 is 0 Å². The fourth-order valence-corrected chi connectivity index (χ4v) is 1.85. The lowest BCUT2D eigenvalue weighted by molar-refractivity contribution is 0.264. The number of nitriles is 1. The SMILES string of the molecule is CCC(C#N)(CCN(C)C)C1C=CNC=N1. The molecule has 0 radical (unpaired) electrons. The summed E-state index contributed by atoms with van der Waals surface area (Å²) in [6.07, 6.45) is 7.17. The molecule has 0 saturated carbocycles. The van der Waals surface area contributed by atoms with Crippen LogP contribution in [0.5, 0.6) is 0 Å². The monoisotopic (exact) mass is 220 g/mol. The predicted molar refractivity (Wildman–Crippen MR) is 66.1 cm³/mol. The molecule has 1 heterocycles. The van der Waals surface area contributed by atoms with Crippen LogP contribution in [0.1, 0.15) is 19.8 Å². The third-order valence-electron chi connectivity index (χ3n) is 3.11. The second-order valence-corrected chi connectivity index (χ2v) is 4.42. The molecular formula is C12H20N4. The van der Waals surface area contributed by atoms with E-state index in [-0.39, 0.29) is 11.5 Å². The van der Waals surface area contributed by atoms with Gasteiger partial charge in [-0.25, -0.2) is 0 Å². The predicted octanol–water partition coefficient (Wildman–Crippen LogP) is 1.37. The number of nitrogens with one attached hydrogen (secondary N) is 1. The summed E-state index contributed by atoms with van der Waals surface area (Å²) in [5.41, 5.74) is -0.376. The molecule has 4 nitrogen and oxygen atoms in total. The van der Waals surface area contributed by atoms with E-state index in [2.05, 4.69) is 28.2 Å². The quantitative estimate of drug-likeness (QED) is 0.761. The Labute approximate surface area is 97.7 Å². The Morgan fingerprint density at radius 2 is 2.31 bits per heavy atom. The molecule has 0 fully saturated rings. The van der Waals surface area contributed by atoms with Crippen LogP contribution in [0.25, 0.3) is 0 Å². The first kappa shape index (κ1) is 12.7. The van der Waals surface area contributed by atoms with E-state index in [0.29, 0.717) is 0 Å². The largest absolute Gasteiger partial charge is 0.353 e. The first-order valence-electron chi connectivity index (χ1n) is 5.65. The van der Waals surface area contributed by atoms with Gasteiger partial charge in [-0.15, -0.1) is 0 Å². The molecule has 0 amide bonds. The maximum absolute atomic E-state index is 9.44. The van der Waals surface area contributed by atoms with Crippen molar-refractivity contribution in [3.8, 4) is 6.07 Å². The highest BCUT2D eigenvalue weighted by atomic mass is 15.1. The highest BCUT2D eigenvalue weighted by Crippen LogP contribution is 2.33. The second-order valence-electron chi connectivity index (χ2n) is 4.42. The Bertz CT molecular complexity index is 301. The maximum atomic E-state index is 9.44. The van der Waals surface area contributed by atoms with Crippen molar-refractivity contribution >= 4 is 6.34 Å². The van der Waals surface area contributed by atoms with E-state index in [0.717, 1.165) is 19.4 Å². The Hall–Kier alpha value is -1.34. The summed E-state index contributed by atoms with van der Waals surface area (Å²) in [7, 11) is 4.05. The van der Waals surface area contributed by atoms with Crippen LogP contribution >= 0.6 is 0 Å². The third-order valence-corrected chi connectivity index (χ3v) is 3.11. The molecule has 1 rings (SSSR count). The van der Waals surface area contributed by atoms with Crippen LogP contribution in [0.15, 0.2) is 17.3 Å². The average Bonchev–Trinajstić information content (AvgIpc) is 2.32. The highest BCUT2D eigenvalue weighted by molar-refractivity contribution is 5.58. The van der Waals surface area contributed by atoms with E-state index in [1.807, 2.05) is 26.4 Å². The van der Waals surface area contributed by atoms with Crippen molar-refractivity contribution in [3.05, 3.63) is 12.3 Å². The van der Waals surface area contributed by atoms with Gasteiger partial charge >= 0.3 is 0 Å². The average molecular weight is 220 g/mol. The second kappa shape index (κ2) is 5.66. The molecule has 2 atom stereocenters. The fourth-order valence-electron chi connectivity index (χ4n) is 1.85. The summed E-state index contributed by atoms with van der Waals surface area (Å²) in [5.74, 6) is 0. The fraction of sp³-hybridized carbons (Fsp3) is 0.667. The van der Waals surface area contributed by atoms with E-state index < -0.39 is 0 Å². The lowest BCUT2D eigenvalue weighted by atomic mass is 9.76. The number of hydrogen-bond acceptors (Lipinski definition) is 4. The molecule has 1 aliphatic heterocycles. The number of nitrogens with zero attached hydrogens (tertiary/aromatic N) is 3. The first-order chi connectivity index (χ1) is 7.64. The molecule has 0 aromatic heterocycles. The van der Waals surface area contributed by atoms with Gasteiger partial charge in [0.15, 0.2) is 0 Å². The van der Waals surface area contributed by atoms with Crippen LogP contribution in [0, 0.1) is 16.7 Å². The topological polar surface area (TPSA) is 51.4 Å². The molecule has 0 spiro atoms. The van der Waals surface area contributed by atoms with Gasteiger partial charge in [0.1, 0.15) is 0 Å². The minimum Gasteiger partial charge on any atom is -0.353 e. The van der Waals surface area contributed by atoms with Gasteiger partial charge in [0, 0.05) is 6.20 Å². The van der Waals surface area contributed by atoms with Gasteiger partial charge in [0.25, 0.3) is 0 Å². The molecule has 0 aromatic carbocycles. The lowest BCUT2D eigenvalue weighted by Gasteiger charge is -2.31. The van der Waals surface area contributed by atoms with E-state index in [9.17, 15) is 5.26 Å². The number of hydrogen-bond donors (Lipinski definition) is 1. The summed E-state index contributed by atoms with van der Waals surface area (Å²) in [6, 6.07) is 2.45. The number of aliphatic imine (C=N–C) groups is 1. The molecule has 0 saturated heterocycles. The van der Waals surface area contributed by atoms with Gasteiger partial charge in [-0.3, -0.25) is 4.99 Å².